The molecule has 0 N–H and O–H groups in total. The fraction of sp³-hybridized carbons (Fsp3) is 0.158. The number of rotatable bonds is 2. The second kappa shape index (κ2) is 5.01. The Hall–Kier alpha value is -2.28. The molecule has 1 heteroatoms. The minimum absolute atomic E-state index is 1.23. The number of anilines is 1. The Balaban J connectivity index is 1.98. The number of nitrogens with zero attached hydrogens (tertiary/aromatic N) is 1. The van der Waals surface area contributed by atoms with Crippen LogP contribution in [0.4, 0.5) is 5.69 Å². The molecule has 20 heavy (non-hydrogen) atoms. The van der Waals surface area contributed by atoms with Crippen LogP contribution in [0.2, 0.25) is 0 Å². The normalized spacial score (nSPS) is 15.2. The zero-order valence-corrected chi connectivity index (χ0v) is 12.2. The third kappa shape index (κ3) is 2.27. The molecule has 0 unspecified atom stereocenters. The van der Waals surface area contributed by atoms with Gasteiger partial charge in [0.25, 0.3) is 0 Å². The summed E-state index contributed by atoms with van der Waals surface area (Å²) in [7, 11) is 4.12. The lowest BCUT2D eigenvalue weighted by molar-refractivity contribution is 1.13. The molecule has 1 aliphatic rings. The van der Waals surface area contributed by atoms with Gasteiger partial charge in [0.2, 0.25) is 0 Å². The van der Waals surface area contributed by atoms with Crippen molar-refractivity contribution in [3.05, 3.63) is 71.3 Å². The zero-order chi connectivity index (χ0) is 14.1. The highest BCUT2D eigenvalue weighted by Crippen LogP contribution is 2.35. The highest BCUT2D eigenvalue weighted by molar-refractivity contribution is 6.01. The first-order valence-electron chi connectivity index (χ1n) is 6.92. The van der Waals surface area contributed by atoms with Crippen molar-refractivity contribution in [1.82, 2.24) is 0 Å². The molecule has 0 amide bonds. The summed E-state index contributed by atoms with van der Waals surface area (Å²) in [4.78, 5) is 2.12. The van der Waals surface area contributed by atoms with Gasteiger partial charge in [-0.25, -0.2) is 0 Å². The SMILES string of the molecule is CC1=C/C(=C/c2ccc(N(C)C)cc2)c2ccccc21. The van der Waals surface area contributed by atoms with Crippen LogP contribution < -0.4 is 4.90 Å². The van der Waals surface area contributed by atoms with E-state index in [4.69, 9.17) is 0 Å². The van der Waals surface area contributed by atoms with E-state index < -0.39 is 0 Å². The van der Waals surface area contributed by atoms with Crippen LogP contribution in [0.1, 0.15) is 23.6 Å². The molecule has 0 spiro atoms. The topological polar surface area (TPSA) is 3.24 Å². The summed E-state index contributed by atoms with van der Waals surface area (Å²) in [6.07, 6.45) is 4.53. The van der Waals surface area contributed by atoms with Gasteiger partial charge in [-0.05, 0) is 53.0 Å². The van der Waals surface area contributed by atoms with Gasteiger partial charge in [-0.15, -0.1) is 0 Å². The number of allylic oxidation sites excluding steroid dienone is 3. The maximum atomic E-state index is 2.27. The zero-order valence-electron chi connectivity index (χ0n) is 12.2. The Labute approximate surface area is 120 Å². The Kier molecular flexibility index (Phi) is 3.19. The van der Waals surface area contributed by atoms with Crippen LogP contribution >= 0.6 is 0 Å². The van der Waals surface area contributed by atoms with Crippen molar-refractivity contribution in [2.45, 2.75) is 6.92 Å². The summed E-state index contributed by atoms with van der Waals surface area (Å²) in [6.45, 7) is 2.18. The van der Waals surface area contributed by atoms with E-state index in [0.717, 1.165) is 0 Å². The van der Waals surface area contributed by atoms with Crippen LogP contribution in [0.25, 0.3) is 17.2 Å². The van der Waals surface area contributed by atoms with Crippen molar-refractivity contribution in [1.29, 1.82) is 0 Å². The second-order valence-corrected chi connectivity index (χ2v) is 5.46. The van der Waals surface area contributed by atoms with Crippen molar-refractivity contribution >= 4 is 22.9 Å². The lowest BCUT2D eigenvalue weighted by Gasteiger charge is -2.12. The minimum atomic E-state index is 1.23. The van der Waals surface area contributed by atoms with Crippen LogP contribution in [0.15, 0.2) is 54.6 Å². The molecule has 0 heterocycles. The molecular weight excluding hydrogens is 242 g/mol. The second-order valence-electron chi connectivity index (χ2n) is 5.46. The molecule has 0 aliphatic heterocycles. The van der Waals surface area contributed by atoms with Gasteiger partial charge >= 0.3 is 0 Å². The third-order valence-corrected chi connectivity index (χ3v) is 3.77. The standard InChI is InChI=1S/C19H19N/c1-14-12-16(19-7-5-4-6-18(14)19)13-15-8-10-17(11-9-15)20(2)3/h4-13H,1-3H3/b16-13-. The van der Waals surface area contributed by atoms with Crippen LogP contribution in [0.5, 0.6) is 0 Å². The summed E-state index contributed by atoms with van der Waals surface area (Å²) in [5, 5.41) is 0. The smallest absolute Gasteiger partial charge is 0.0361 e. The molecular formula is C19H19N. The fourth-order valence-electron chi connectivity index (χ4n) is 2.64. The fourth-order valence-corrected chi connectivity index (χ4v) is 2.64. The molecule has 0 radical (unpaired) electrons. The maximum Gasteiger partial charge on any atom is 0.0361 e. The van der Waals surface area contributed by atoms with Crippen molar-refractivity contribution in [2.24, 2.45) is 0 Å². The number of benzene rings is 2. The first-order chi connectivity index (χ1) is 9.65. The van der Waals surface area contributed by atoms with Crippen LogP contribution in [-0.2, 0) is 0 Å². The van der Waals surface area contributed by atoms with Gasteiger partial charge in [0.15, 0.2) is 0 Å². The average Bonchev–Trinajstić information content (AvgIpc) is 2.77. The predicted octanol–water partition coefficient (Wildman–Crippen LogP) is 4.71. The van der Waals surface area contributed by atoms with E-state index >= 15 is 0 Å². The molecule has 0 bridgehead atoms. The van der Waals surface area contributed by atoms with Crippen molar-refractivity contribution in [3.63, 3.8) is 0 Å². The summed E-state index contributed by atoms with van der Waals surface area (Å²) in [5.41, 5.74) is 7.80. The van der Waals surface area contributed by atoms with Gasteiger partial charge in [0.05, 0.1) is 0 Å². The monoisotopic (exact) mass is 261 g/mol. The molecule has 100 valence electrons. The molecule has 0 atom stereocenters. The molecule has 3 rings (SSSR count). The Bertz CT molecular complexity index is 688. The average molecular weight is 261 g/mol. The van der Waals surface area contributed by atoms with Gasteiger partial charge in [0, 0.05) is 19.8 Å². The summed E-state index contributed by atoms with van der Waals surface area (Å²) >= 11 is 0. The van der Waals surface area contributed by atoms with Gasteiger partial charge in [0.1, 0.15) is 0 Å². The van der Waals surface area contributed by atoms with E-state index in [1.165, 1.54) is 33.5 Å². The number of fused-ring (bicyclic) bond motifs is 1. The summed E-state index contributed by atoms with van der Waals surface area (Å²) in [5.74, 6) is 0. The summed E-state index contributed by atoms with van der Waals surface area (Å²) < 4.78 is 0. The summed E-state index contributed by atoms with van der Waals surface area (Å²) in [6, 6.07) is 17.3. The van der Waals surface area contributed by atoms with E-state index in [1.807, 2.05) is 0 Å². The quantitative estimate of drug-likeness (QED) is 0.756. The van der Waals surface area contributed by atoms with Gasteiger partial charge in [-0.2, -0.15) is 0 Å². The number of hydrogen-bond acceptors (Lipinski definition) is 1. The van der Waals surface area contributed by atoms with E-state index in [2.05, 4.69) is 86.6 Å². The van der Waals surface area contributed by atoms with Crippen molar-refractivity contribution in [3.8, 4) is 0 Å². The lowest BCUT2D eigenvalue weighted by atomic mass is 10.0. The van der Waals surface area contributed by atoms with Crippen LogP contribution in [0.3, 0.4) is 0 Å². The Morgan fingerprint density at radius 2 is 1.50 bits per heavy atom. The molecule has 1 nitrogen and oxygen atoms in total. The largest absolute Gasteiger partial charge is 0.378 e. The first kappa shape index (κ1) is 12.7. The Morgan fingerprint density at radius 1 is 0.850 bits per heavy atom. The van der Waals surface area contributed by atoms with E-state index in [0.29, 0.717) is 0 Å². The first-order valence-corrected chi connectivity index (χ1v) is 6.92. The van der Waals surface area contributed by atoms with E-state index in [1.54, 1.807) is 0 Å². The Morgan fingerprint density at radius 3 is 2.15 bits per heavy atom. The predicted molar refractivity (Wildman–Crippen MR) is 88.7 cm³/mol. The molecule has 2 aromatic rings. The lowest BCUT2D eigenvalue weighted by Crippen LogP contribution is -2.07. The molecule has 0 saturated carbocycles. The van der Waals surface area contributed by atoms with Crippen LogP contribution in [0, 0.1) is 0 Å². The van der Waals surface area contributed by atoms with Crippen molar-refractivity contribution in [2.75, 3.05) is 19.0 Å². The van der Waals surface area contributed by atoms with E-state index in [9.17, 15) is 0 Å². The minimum Gasteiger partial charge on any atom is -0.378 e. The maximum absolute atomic E-state index is 2.27. The van der Waals surface area contributed by atoms with Crippen molar-refractivity contribution < 1.29 is 0 Å². The van der Waals surface area contributed by atoms with Crippen LogP contribution in [-0.4, -0.2) is 14.1 Å². The number of hydrogen-bond donors (Lipinski definition) is 0. The highest BCUT2D eigenvalue weighted by atomic mass is 15.1. The third-order valence-electron chi connectivity index (χ3n) is 3.77. The molecule has 0 saturated heterocycles. The van der Waals surface area contributed by atoms with E-state index in [-0.39, 0.29) is 0 Å². The molecule has 2 aromatic carbocycles. The van der Waals surface area contributed by atoms with Gasteiger partial charge < -0.3 is 4.90 Å². The molecule has 0 fully saturated rings. The highest BCUT2D eigenvalue weighted by Gasteiger charge is 2.14. The molecule has 1 aliphatic carbocycles. The van der Waals surface area contributed by atoms with Gasteiger partial charge in [-0.1, -0.05) is 42.5 Å². The van der Waals surface area contributed by atoms with Gasteiger partial charge in [-0.3, -0.25) is 0 Å². The molecule has 0 aromatic heterocycles.